The van der Waals surface area contributed by atoms with Crippen LogP contribution < -0.4 is 4.74 Å². The number of ketones is 1. The number of carboxylic acids is 1. The molecule has 0 unspecified atom stereocenters. The second-order valence-electron chi connectivity index (χ2n) is 5.59. The highest BCUT2D eigenvalue weighted by molar-refractivity contribution is 5.98. The first-order chi connectivity index (χ1) is 11.4. The van der Waals surface area contributed by atoms with Gasteiger partial charge in [-0.3, -0.25) is 9.59 Å². The topological polar surface area (TPSA) is 101 Å². The van der Waals surface area contributed by atoms with Gasteiger partial charge in [0.2, 0.25) is 0 Å². The average Bonchev–Trinajstić information content (AvgIpc) is 2.54. The van der Waals surface area contributed by atoms with Crippen molar-refractivity contribution in [1.82, 2.24) is 0 Å². The Hall–Kier alpha value is -3.15. The maximum Gasteiger partial charge on any atom is 0.335 e. The molecular formula is C18H14O6. The van der Waals surface area contributed by atoms with Crippen LogP contribution >= 0.6 is 0 Å². The van der Waals surface area contributed by atoms with E-state index in [-0.39, 0.29) is 34.8 Å². The Morgan fingerprint density at radius 1 is 1.12 bits per heavy atom. The smallest absolute Gasteiger partial charge is 0.335 e. The SMILES string of the molecule is CC(=O)c1ccc2c(c1O)[C@H](c1ccc(C(=O)O)cc1)CC(=O)O2. The molecule has 2 N–H and O–H groups in total. The van der Waals surface area contributed by atoms with E-state index in [0.29, 0.717) is 11.1 Å². The average molecular weight is 326 g/mol. The maximum atomic E-state index is 11.8. The molecule has 0 radical (unpaired) electrons. The van der Waals surface area contributed by atoms with Crippen LogP contribution in [-0.2, 0) is 4.79 Å². The number of carbonyl (C=O) groups excluding carboxylic acids is 2. The zero-order chi connectivity index (χ0) is 17.4. The highest BCUT2D eigenvalue weighted by atomic mass is 16.5. The number of phenolic OH excluding ortho intramolecular Hbond substituents is 1. The van der Waals surface area contributed by atoms with Crippen molar-refractivity contribution in [2.45, 2.75) is 19.3 Å². The summed E-state index contributed by atoms with van der Waals surface area (Å²) in [6.45, 7) is 1.34. The molecule has 0 fully saturated rings. The molecule has 1 aliphatic heterocycles. The lowest BCUT2D eigenvalue weighted by Crippen LogP contribution is -2.21. The van der Waals surface area contributed by atoms with Crippen molar-refractivity contribution in [3.63, 3.8) is 0 Å². The van der Waals surface area contributed by atoms with Gasteiger partial charge in [0.25, 0.3) is 0 Å². The maximum absolute atomic E-state index is 11.8. The largest absolute Gasteiger partial charge is 0.507 e. The number of fused-ring (bicyclic) bond motifs is 1. The van der Waals surface area contributed by atoms with Gasteiger partial charge >= 0.3 is 11.9 Å². The number of benzene rings is 2. The number of carbonyl (C=O) groups is 3. The Morgan fingerprint density at radius 3 is 2.38 bits per heavy atom. The van der Waals surface area contributed by atoms with Gasteiger partial charge in [0.1, 0.15) is 11.5 Å². The van der Waals surface area contributed by atoms with Crippen molar-refractivity contribution in [2.24, 2.45) is 0 Å². The zero-order valence-electron chi connectivity index (χ0n) is 12.8. The summed E-state index contributed by atoms with van der Waals surface area (Å²) in [4.78, 5) is 34.5. The fourth-order valence-corrected chi connectivity index (χ4v) is 2.87. The van der Waals surface area contributed by atoms with Gasteiger partial charge in [-0.1, -0.05) is 12.1 Å². The molecule has 1 heterocycles. The molecule has 122 valence electrons. The Balaban J connectivity index is 2.13. The molecule has 0 saturated heterocycles. The summed E-state index contributed by atoms with van der Waals surface area (Å²) in [5.41, 5.74) is 1.30. The van der Waals surface area contributed by atoms with E-state index in [2.05, 4.69) is 0 Å². The molecular weight excluding hydrogens is 312 g/mol. The van der Waals surface area contributed by atoms with Crippen LogP contribution in [0.2, 0.25) is 0 Å². The Kier molecular flexibility index (Phi) is 3.81. The molecule has 2 aromatic carbocycles. The van der Waals surface area contributed by atoms with E-state index in [9.17, 15) is 19.5 Å². The number of esters is 1. The molecule has 0 saturated carbocycles. The van der Waals surface area contributed by atoms with Crippen LogP contribution in [0.3, 0.4) is 0 Å². The molecule has 6 nitrogen and oxygen atoms in total. The van der Waals surface area contributed by atoms with E-state index in [4.69, 9.17) is 9.84 Å². The second-order valence-corrected chi connectivity index (χ2v) is 5.59. The van der Waals surface area contributed by atoms with Gasteiger partial charge in [-0.2, -0.15) is 0 Å². The number of rotatable bonds is 3. The Labute approximate surface area is 137 Å². The number of ether oxygens (including phenoxy) is 1. The van der Waals surface area contributed by atoms with Gasteiger partial charge in [-0.25, -0.2) is 4.79 Å². The molecule has 2 aromatic rings. The van der Waals surface area contributed by atoms with Crippen LogP contribution in [0.1, 0.15) is 51.1 Å². The molecule has 1 aliphatic rings. The van der Waals surface area contributed by atoms with Gasteiger partial charge in [0, 0.05) is 11.5 Å². The predicted molar refractivity (Wildman–Crippen MR) is 83.6 cm³/mol. The minimum atomic E-state index is -1.05. The Bertz CT molecular complexity index is 851. The summed E-state index contributed by atoms with van der Waals surface area (Å²) in [6.07, 6.45) is -0.00562. The van der Waals surface area contributed by atoms with Crippen molar-refractivity contribution in [2.75, 3.05) is 0 Å². The monoisotopic (exact) mass is 326 g/mol. The van der Waals surface area contributed by atoms with Crippen LogP contribution in [0, 0.1) is 0 Å². The first-order valence-electron chi connectivity index (χ1n) is 7.29. The molecule has 24 heavy (non-hydrogen) atoms. The quantitative estimate of drug-likeness (QED) is 0.511. The lowest BCUT2D eigenvalue weighted by Gasteiger charge is -2.26. The van der Waals surface area contributed by atoms with E-state index < -0.39 is 17.9 Å². The van der Waals surface area contributed by atoms with Gasteiger partial charge in [-0.15, -0.1) is 0 Å². The van der Waals surface area contributed by atoms with E-state index in [1.54, 1.807) is 12.1 Å². The van der Waals surface area contributed by atoms with Crippen molar-refractivity contribution in [1.29, 1.82) is 0 Å². The standard InChI is InChI=1S/C18H14O6/c1-9(19)12-6-7-14-16(17(12)21)13(8-15(20)24-14)10-2-4-11(5-3-10)18(22)23/h2-7,13,21H,8H2,1H3,(H,22,23)/t13-/m0/s1. The van der Waals surface area contributed by atoms with E-state index in [1.807, 2.05) is 0 Å². The fourth-order valence-electron chi connectivity index (χ4n) is 2.87. The molecule has 6 heteroatoms. The first kappa shape index (κ1) is 15.7. The summed E-state index contributed by atoms with van der Waals surface area (Å²) in [5, 5.41) is 19.4. The van der Waals surface area contributed by atoms with Crippen LogP contribution in [0.25, 0.3) is 0 Å². The molecule has 0 aromatic heterocycles. The number of hydrogen-bond donors (Lipinski definition) is 2. The van der Waals surface area contributed by atoms with Gasteiger partial charge in [0.05, 0.1) is 17.5 Å². The third-order valence-electron chi connectivity index (χ3n) is 4.06. The van der Waals surface area contributed by atoms with Crippen LogP contribution in [-0.4, -0.2) is 27.9 Å². The number of Topliss-reactive ketones (excluding diaryl/α,β-unsaturated/α-hetero) is 1. The number of aromatic hydroxyl groups is 1. The molecule has 0 aliphatic carbocycles. The summed E-state index contributed by atoms with van der Waals surface area (Å²) in [7, 11) is 0. The highest BCUT2D eigenvalue weighted by Gasteiger charge is 2.32. The highest BCUT2D eigenvalue weighted by Crippen LogP contribution is 2.45. The third kappa shape index (κ3) is 2.62. The lowest BCUT2D eigenvalue weighted by atomic mass is 9.84. The van der Waals surface area contributed by atoms with E-state index >= 15 is 0 Å². The molecule has 0 amide bonds. The summed E-state index contributed by atoms with van der Waals surface area (Å²) in [5.74, 6) is -2.31. The minimum absolute atomic E-state index is 0.00562. The van der Waals surface area contributed by atoms with Crippen LogP contribution in [0.4, 0.5) is 0 Å². The summed E-state index contributed by atoms with van der Waals surface area (Å²) < 4.78 is 5.16. The number of aromatic carboxylic acids is 1. The van der Waals surface area contributed by atoms with Crippen LogP contribution in [0.15, 0.2) is 36.4 Å². The normalized spacial score (nSPS) is 16.2. The van der Waals surface area contributed by atoms with Gasteiger partial charge in [-0.05, 0) is 36.8 Å². The Morgan fingerprint density at radius 2 is 1.79 bits per heavy atom. The van der Waals surface area contributed by atoms with Crippen molar-refractivity contribution in [3.05, 3.63) is 58.7 Å². The molecule has 0 spiro atoms. The third-order valence-corrected chi connectivity index (χ3v) is 4.06. The van der Waals surface area contributed by atoms with Crippen molar-refractivity contribution < 1.29 is 29.3 Å². The lowest BCUT2D eigenvalue weighted by molar-refractivity contribution is -0.135. The molecule has 1 atom stereocenters. The van der Waals surface area contributed by atoms with Crippen molar-refractivity contribution >= 4 is 17.7 Å². The number of phenols is 1. The summed E-state index contributed by atoms with van der Waals surface area (Å²) in [6, 6.07) is 8.96. The fraction of sp³-hybridized carbons (Fsp3) is 0.167. The number of carboxylic acid groups (broad SMARTS) is 1. The van der Waals surface area contributed by atoms with Gasteiger partial charge < -0.3 is 14.9 Å². The zero-order valence-corrected chi connectivity index (χ0v) is 12.8. The van der Waals surface area contributed by atoms with Gasteiger partial charge in [0.15, 0.2) is 5.78 Å². The minimum Gasteiger partial charge on any atom is -0.507 e. The number of hydrogen-bond acceptors (Lipinski definition) is 5. The van der Waals surface area contributed by atoms with E-state index in [0.717, 1.165) is 0 Å². The second kappa shape index (κ2) is 5.81. The van der Waals surface area contributed by atoms with Crippen molar-refractivity contribution in [3.8, 4) is 11.5 Å². The first-order valence-corrected chi connectivity index (χ1v) is 7.29. The predicted octanol–water partition coefficient (Wildman–Crippen LogP) is 2.73. The molecule has 3 rings (SSSR count). The van der Waals surface area contributed by atoms with Crippen LogP contribution in [0.5, 0.6) is 11.5 Å². The summed E-state index contributed by atoms with van der Waals surface area (Å²) >= 11 is 0. The van der Waals surface area contributed by atoms with E-state index in [1.165, 1.54) is 31.2 Å². The molecule has 0 bridgehead atoms.